The van der Waals surface area contributed by atoms with Crippen molar-refractivity contribution in [3.05, 3.63) is 96.7 Å². The molecule has 4 heterocycles. The van der Waals surface area contributed by atoms with Gasteiger partial charge in [-0.15, -0.1) is 0 Å². The molecule has 9 heteroatoms. The molecule has 0 atom stereocenters. The number of benzene rings is 1. The van der Waals surface area contributed by atoms with E-state index in [2.05, 4.69) is 38.6 Å². The molecule has 3 aromatic heterocycles. The lowest BCUT2D eigenvalue weighted by atomic mass is 10.0. The van der Waals surface area contributed by atoms with Crippen LogP contribution >= 0.6 is 0 Å². The molecule has 192 valence electrons. The van der Waals surface area contributed by atoms with E-state index in [0.717, 1.165) is 46.8 Å². The van der Waals surface area contributed by atoms with Crippen molar-refractivity contribution in [1.82, 2.24) is 25.1 Å². The minimum atomic E-state index is -0.276. The van der Waals surface area contributed by atoms with Crippen LogP contribution in [0.4, 0.5) is 10.2 Å². The van der Waals surface area contributed by atoms with E-state index in [1.807, 2.05) is 38.1 Å². The second kappa shape index (κ2) is 10.4. The van der Waals surface area contributed by atoms with Gasteiger partial charge < -0.3 is 16.0 Å². The zero-order valence-electron chi connectivity index (χ0n) is 21.4. The van der Waals surface area contributed by atoms with Gasteiger partial charge in [0.05, 0.1) is 22.6 Å². The number of fused-ring (bicyclic) bond motifs is 1. The summed E-state index contributed by atoms with van der Waals surface area (Å²) in [5.74, 6) is 1.12. The molecule has 1 fully saturated rings. The van der Waals surface area contributed by atoms with Gasteiger partial charge in [0.15, 0.2) is 0 Å². The van der Waals surface area contributed by atoms with Crippen molar-refractivity contribution in [2.45, 2.75) is 19.9 Å². The van der Waals surface area contributed by atoms with Crippen molar-refractivity contribution in [3.8, 4) is 11.1 Å². The number of amidine groups is 1. The molecular weight excluding hydrogens is 479 g/mol. The number of rotatable bonds is 7. The Balaban J connectivity index is 1.43. The van der Waals surface area contributed by atoms with Crippen LogP contribution in [0.5, 0.6) is 0 Å². The van der Waals surface area contributed by atoms with E-state index < -0.39 is 0 Å². The summed E-state index contributed by atoms with van der Waals surface area (Å²) in [7, 11) is 0. The fourth-order valence-electron chi connectivity index (χ4n) is 4.40. The largest absolute Gasteiger partial charge is 0.353 e. The third-order valence-corrected chi connectivity index (χ3v) is 6.51. The molecule has 4 aromatic rings. The van der Waals surface area contributed by atoms with Gasteiger partial charge in [-0.1, -0.05) is 31.4 Å². The van der Waals surface area contributed by atoms with Crippen LogP contribution in [0.15, 0.2) is 79.0 Å². The minimum Gasteiger partial charge on any atom is -0.353 e. The van der Waals surface area contributed by atoms with Crippen molar-refractivity contribution < 1.29 is 4.39 Å². The topological polar surface area (TPSA) is 108 Å². The lowest BCUT2D eigenvalue weighted by Gasteiger charge is -2.38. The minimum absolute atomic E-state index is 0.158. The van der Waals surface area contributed by atoms with Crippen LogP contribution < -0.4 is 11.1 Å². The summed E-state index contributed by atoms with van der Waals surface area (Å²) in [4.78, 5) is 16.2. The number of aliphatic imine (C=N–C) groups is 1. The predicted molar refractivity (Wildman–Crippen MR) is 152 cm³/mol. The van der Waals surface area contributed by atoms with E-state index in [-0.39, 0.29) is 11.9 Å². The highest BCUT2D eigenvalue weighted by Gasteiger charge is 2.25. The first-order valence-electron chi connectivity index (χ1n) is 12.3. The number of allylic oxidation sites excluding steroid dienone is 1. The number of halogens is 1. The fraction of sp³-hybridized carbons (Fsp3) is 0.172. The van der Waals surface area contributed by atoms with E-state index >= 15 is 0 Å². The molecule has 38 heavy (non-hydrogen) atoms. The highest BCUT2D eigenvalue weighted by molar-refractivity contribution is 5.97. The molecule has 1 aromatic carbocycles. The van der Waals surface area contributed by atoms with Crippen molar-refractivity contribution in [2.24, 2.45) is 10.7 Å². The van der Waals surface area contributed by atoms with Crippen LogP contribution in [-0.2, 0) is 0 Å². The molecule has 0 aliphatic carbocycles. The number of nitrogens with zero attached hydrogens (tertiary/aromatic N) is 5. The number of H-pyrrole nitrogens is 1. The van der Waals surface area contributed by atoms with E-state index in [0.29, 0.717) is 28.4 Å². The van der Waals surface area contributed by atoms with Crippen LogP contribution in [0.3, 0.4) is 0 Å². The first-order valence-corrected chi connectivity index (χ1v) is 12.3. The third kappa shape index (κ3) is 4.83. The standard InChI is InChI=1S/C29H29FN8/c1-5-23(34-26(6-2)38-15-21(31)16-38)24-11-12-25-28(35-24)27(37-36-25)18(4)33-29-17(3)22(13-14-32-29)19-7-9-20(30)10-8-19/h5-14,21H,2,4,15-16,31H2,1,3H3,(H,32,33)(H,36,37)/b23-5-,34-26?. The molecule has 0 radical (unpaired) electrons. The molecule has 4 N–H and O–H groups in total. The second-order valence-electron chi connectivity index (χ2n) is 9.12. The van der Waals surface area contributed by atoms with E-state index in [1.165, 1.54) is 12.1 Å². The summed E-state index contributed by atoms with van der Waals surface area (Å²) in [6.45, 7) is 13.5. The highest BCUT2D eigenvalue weighted by Crippen LogP contribution is 2.30. The Morgan fingerprint density at radius 2 is 1.97 bits per heavy atom. The van der Waals surface area contributed by atoms with Gasteiger partial charge in [0.2, 0.25) is 0 Å². The quantitative estimate of drug-likeness (QED) is 0.236. The van der Waals surface area contributed by atoms with Crippen LogP contribution in [0.1, 0.15) is 23.9 Å². The summed E-state index contributed by atoms with van der Waals surface area (Å²) < 4.78 is 13.4. The summed E-state index contributed by atoms with van der Waals surface area (Å²) >= 11 is 0. The third-order valence-electron chi connectivity index (χ3n) is 6.51. The number of hydrogen-bond acceptors (Lipinski definition) is 6. The monoisotopic (exact) mass is 508 g/mol. The number of aromatic nitrogens is 4. The highest BCUT2D eigenvalue weighted by atomic mass is 19.1. The maximum atomic E-state index is 13.4. The zero-order chi connectivity index (χ0) is 26.8. The van der Waals surface area contributed by atoms with Gasteiger partial charge in [0, 0.05) is 25.3 Å². The zero-order valence-corrected chi connectivity index (χ0v) is 21.4. The Bertz CT molecular complexity index is 1580. The molecule has 0 saturated carbocycles. The predicted octanol–water partition coefficient (Wildman–Crippen LogP) is 5.14. The van der Waals surface area contributed by atoms with Crippen molar-refractivity contribution in [3.63, 3.8) is 0 Å². The van der Waals surface area contributed by atoms with Gasteiger partial charge in [-0.25, -0.2) is 19.4 Å². The lowest BCUT2D eigenvalue weighted by molar-refractivity contribution is 0.256. The fourth-order valence-corrected chi connectivity index (χ4v) is 4.40. The first-order chi connectivity index (χ1) is 18.4. The van der Waals surface area contributed by atoms with Crippen LogP contribution in [0.2, 0.25) is 0 Å². The average Bonchev–Trinajstić information content (AvgIpc) is 3.33. The summed E-state index contributed by atoms with van der Waals surface area (Å²) in [6.07, 6.45) is 5.36. The molecule has 8 nitrogen and oxygen atoms in total. The van der Waals surface area contributed by atoms with Gasteiger partial charge in [0.1, 0.15) is 28.7 Å². The number of nitrogens with one attached hydrogen (secondary N) is 2. The Kier molecular flexibility index (Phi) is 6.85. The SMILES string of the molecule is C=CC(=N/C(=C\C)c1ccc2[nH]nc(C(=C)Nc3nccc(-c4ccc(F)cc4)c3C)c2n1)N1CC(N)C1. The number of anilines is 1. The maximum Gasteiger partial charge on any atom is 0.134 e. The van der Waals surface area contributed by atoms with Crippen LogP contribution in [0.25, 0.3) is 33.6 Å². The average molecular weight is 509 g/mol. The number of likely N-dealkylation sites (tertiary alicyclic amines) is 1. The van der Waals surface area contributed by atoms with Gasteiger partial charge in [-0.05, 0) is 66.9 Å². The molecule has 0 unspecified atom stereocenters. The number of aromatic amines is 1. The molecule has 1 aliphatic rings. The molecule has 5 rings (SSSR count). The molecule has 0 amide bonds. The molecule has 1 saturated heterocycles. The molecule has 0 bridgehead atoms. The van der Waals surface area contributed by atoms with Gasteiger partial charge in [-0.2, -0.15) is 5.10 Å². The Hall–Kier alpha value is -4.63. The van der Waals surface area contributed by atoms with Gasteiger partial charge in [-0.3, -0.25) is 5.10 Å². The summed E-state index contributed by atoms with van der Waals surface area (Å²) in [6, 6.07) is 12.3. The Morgan fingerprint density at radius 3 is 2.66 bits per heavy atom. The number of pyridine rings is 2. The number of hydrogen-bond donors (Lipinski definition) is 3. The summed E-state index contributed by atoms with van der Waals surface area (Å²) in [5, 5.41) is 10.8. The summed E-state index contributed by atoms with van der Waals surface area (Å²) in [5.41, 5.74) is 12.7. The van der Waals surface area contributed by atoms with Gasteiger partial charge >= 0.3 is 0 Å². The van der Waals surface area contributed by atoms with Crippen molar-refractivity contribution in [1.29, 1.82) is 0 Å². The van der Waals surface area contributed by atoms with Crippen molar-refractivity contribution >= 4 is 34.1 Å². The van der Waals surface area contributed by atoms with Crippen LogP contribution in [0, 0.1) is 12.7 Å². The van der Waals surface area contributed by atoms with Crippen molar-refractivity contribution in [2.75, 3.05) is 18.4 Å². The van der Waals surface area contributed by atoms with Gasteiger partial charge in [0.25, 0.3) is 0 Å². The maximum absolute atomic E-state index is 13.4. The molecular formula is C29H29FN8. The van der Waals surface area contributed by atoms with E-state index in [4.69, 9.17) is 15.7 Å². The molecule has 0 spiro atoms. The lowest BCUT2D eigenvalue weighted by Crippen LogP contribution is -2.57. The first kappa shape index (κ1) is 25.0. The Labute approximate surface area is 220 Å². The van der Waals surface area contributed by atoms with E-state index in [1.54, 1.807) is 24.4 Å². The molecule has 1 aliphatic heterocycles. The number of nitrogens with two attached hydrogens (primary N) is 1. The normalized spacial score (nSPS) is 14.5. The smallest absolute Gasteiger partial charge is 0.134 e. The Morgan fingerprint density at radius 1 is 1.21 bits per heavy atom. The van der Waals surface area contributed by atoms with E-state index in [9.17, 15) is 4.39 Å². The van der Waals surface area contributed by atoms with Crippen LogP contribution in [-0.4, -0.2) is 50.0 Å². The second-order valence-corrected chi connectivity index (χ2v) is 9.12.